The van der Waals surface area contributed by atoms with Crippen LogP contribution in [-0.4, -0.2) is 9.55 Å². The first-order valence-corrected chi connectivity index (χ1v) is 17.8. The predicted octanol–water partition coefficient (Wildman–Crippen LogP) is 9.60. The molecular formula is C43H31N2OP. The number of allylic oxidation sites excluding steroid dienone is 1. The fourth-order valence-electron chi connectivity index (χ4n) is 7.27. The quantitative estimate of drug-likeness (QED) is 0.179. The maximum atomic E-state index is 15.1. The monoisotopic (exact) mass is 622 g/mol. The lowest BCUT2D eigenvalue weighted by Gasteiger charge is -2.20. The molecule has 0 bridgehead atoms. The Bertz CT molecular complexity index is 2490. The molecule has 0 fully saturated rings. The molecule has 1 aliphatic carbocycles. The summed E-state index contributed by atoms with van der Waals surface area (Å²) in [6.45, 7) is 0. The van der Waals surface area contributed by atoms with Gasteiger partial charge >= 0.3 is 0 Å². The van der Waals surface area contributed by atoms with E-state index in [2.05, 4.69) is 95.6 Å². The molecule has 0 aliphatic heterocycles. The molecule has 6 aromatic carbocycles. The minimum absolute atomic E-state index is 0.806. The van der Waals surface area contributed by atoms with E-state index >= 15 is 4.57 Å². The van der Waals surface area contributed by atoms with E-state index in [1.807, 2.05) is 72.8 Å². The second kappa shape index (κ2) is 11.1. The van der Waals surface area contributed by atoms with E-state index in [1.54, 1.807) is 0 Å². The van der Waals surface area contributed by atoms with Crippen LogP contribution in [-0.2, 0) is 11.0 Å². The first-order valence-electron chi connectivity index (χ1n) is 16.1. The van der Waals surface area contributed by atoms with Crippen molar-refractivity contribution in [3.8, 4) is 16.9 Å². The van der Waals surface area contributed by atoms with Crippen LogP contribution < -0.4 is 15.9 Å². The molecule has 8 aromatic rings. The van der Waals surface area contributed by atoms with Crippen molar-refractivity contribution in [2.24, 2.45) is 0 Å². The van der Waals surface area contributed by atoms with Crippen LogP contribution in [0.25, 0.3) is 55.7 Å². The maximum Gasteiger partial charge on any atom is 0.171 e. The van der Waals surface area contributed by atoms with E-state index in [9.17, 15) is 0 Å². The molecule has 0 amide bonds. The van der Waals surface area contributed by atoms with Crippen molar-refractivity contribution < 1.29 is 4.57 Å². The van der Waals surface area contributed by atoms with Gasteiger partial charge in [-0.3, -0.25) is 0 Å². The Morgan fingerprint density at radius 2 is 1.26 bits per heavy atom. The molecule has 224 valence electrons. The van der Waals surface area contributed by atoms with Crippen LogP contribution in [0.5, 0.6) is 0 Å². The van der Waals surface area contributed by atoms with Crippen LogP contribution >= 0.6 is 7.14 Å². The first kappa shape index (κ1) is 27.8. The van der Waals surface area contributed by atoms with Gasteiger partial charge in [0.2, 0.25) is 0 Å². The van der Waals surface area contributed by atoms with Crippen molar-refractivity contribution in [1.82, 2.24) is 9.55 Å². The number of hydrogen-bond donors (Lipinski definition) is 0. The van der Waals surface area contributed by atoms with Gasteiger partial charge in [0.05, 0.1) is 22.2 Å². The van der Waals surface area contributed by atoms with Gasteiger partial charge in [-0.2, -0.15) is 0 Å². The van der Waals surface area contributed by atoms with Gasteiger partial charge < -0.3 is 9.13 Å². The smallest absolute Gasteiger partial charge is 0.171 e. The highest BCUT2D eigenvalue weighted by Crippen LogP contribution is 2.44. The zero-order valence-electron chi connectivity index (χ0n) is 25.8. The molecule has 0 spiro atoms. The summed E-state index contributed by atoms with van der Waals surface area (Å²) in [5, 5.41) is 5.86. The molecule has 0 N–H and O–H groups in total. The molecule has 0 unspecified atom stereocenters. The van der Waals surface area contributed by atoms with E-state index in [4.69, 9.17) is 4.98 Å². The summed E-state index contributed by atoms with van der Waals surface area (Å²) < 4.78 is 17.5. The number of rotatable bonds is 5. The molecule has 0 atom stereocenters. The molecule has 0 saturated carbocycles. The standard InChI is InChI=1S/C43H31N2OP/c46-47(34-15-3-1-4-16-34,35-17-5-2-6-18-35)36-27-24-31(25-28-36)42-41-38-20-10-12-22-40(38)45(43(41)37-19-9-11-21-39(37)44-42)33-26-23-30-13-7-8-14-32(30)29-33/h1-6,8-12,14-29H,7,13H2. The van der Waals surface area contributed by atoms with Crippen LogP contribution in [0.3, 0.4) is 0 Å². The fraction of sp³-hybridized carbons (Fsp3) is 0.0465. The van der Waals surface area contributed by atoms with Gasteiger partial charge in [0, 0.05) is 43.3 Å². The molecule has 4 heteroatoms. The number of aromatic nitrogens is 2. The van der Waals surface area contributed by atoms with Crippen LogP contribution in [0.15, 0.2) is 158 Å². The van der Waals surface area contributed by atoms with E-state index in [-0.39, 0.29) is 0 Å². The van der Waals surface area contributed by atoms with Gasteiger partial charge in [0.15, 0.2) is 7.14 Å². The van der Waals surface area contributed by atoms with Gasteiger partial charge in [-0.1, -0.05) is 140 Å². The Morgan fingerprint density at radius 1 is 0.617 bits per heavy atom. The third kappa shape index (κ3) is 4.42. The van der Waals surface area contributed by atoms with Crippen LogP contribution in [0.4, 0.5) is 0 Å². The van der Waals surface area contributed by atoms with Crippen molar-refractivity contribution in [2.45, 2.75) is 12.8 Å². The highest BCUT2D eigenvalue weighted by atomic mass is 31.2. The molecule has 0 saturated heterocycles. The topological polar surface area (TPSA) is 34.9 Å². The third-order valence-electron chi connectivity index (χ3n) is 9.51. The Balaban J connectivity index is 1.29. The molecule has 1 aliphatic rings. The van der Waals surface area contributed by atoms with E-state index in [0.717, 1.165) is 78.4 Å². The van der Waals surface area contributed by atoms with Gasteiger partial charge in [-0.25, -0.2) is 4.98 Å². The van der Waals surface area contributed by atoms with E-state index < -0.39 is 7.14 Å². The van der Waals surface area contributed by atoms with Crippen LogP contribution in [0, 0.1) is 0 Å². The second-order valence-corrected chi connectivity index (χ2v) is 15.0. The minimum Gasteiger partial charge on any atom is -0.309 e. The van der Waals surface area contributed by atoms with Crippen LogP contribution in [0.1, 0.15) is 17.5 Å². The van der Waals surface area contributed by atoms with Gasteiger partial charge in [0.25, 0.3) is 0 Å². The summed E-state index contributed by atoms with van der Waals surface area (Å²) in [4.78, 5) is 5.32. The van der Waals surface area contributed by atoms with Crippen molar-refractivity contribution in [1.29, 1.82) is 0 Å². The summed E-state index contributed by atoms with van der Waals surface area (Å²) in [5.74, 6) is 0. The maximum absolute atomic E-state index is 15.1. The SMILES string of the molecule is O=P(c1ccccc1)(c1ccccc1)c1ccc(-c2nc3ccccc3c3c2c2ccccc2n3-c2ccc3c(c2)C=CCC3)cc1. The minimum atomic E-state index is -3.09. The number of nitrogens with zero attached hydrogens (tertiary/aromatic N) is 2. The molecule has 47 heavy (non-hydrogen) atoms. The van der Waals surface area contributed by atoms with Gasteiger partial charge in [0.1, 0.15) is 0 Å². The average molecular weight is 623 g/mol. The molecule has 0 radical (unpaired) electrons. The van der Waals surface area contributed by atoms with E-state index in [0.29, 0.717) is 0 Å². The number of aryl methyl sites for hydroxylation is 1. The Kier molecular flexibility index (Phi) is 6.55. The van der Waals surface area contributed by atoms with Gasteiger partial charge in [-0.05, 0) is 48.2 Å². The Hall–Kier alpha value is -5.50. The highest BCUT2D eigenvalue weighted by Gasteiger charge is 2.30. The molecule has 9 rings (SSSR count). The number of fused-ring (bicyclic) bond motifs is 6. The zero-order chi connectivity index (χ0) is 31.4. The third-order valence-corrected chi connectivity index (χ3v) is 12.6. The number of benzene rings is 6. The lowest BCUT2D eigenvalue weighted by molar-refractivity contribution is 0.592. The number of hydrogen-bond acceptors (Lipinski definition) is 2. The summed E-state index contributed by atoms with van der Waals surface area (Å²) >= 11 is 0. The second-order valence-electron chi connectivity index (χ2n) is 12.2. The fourth-order valence-corrected chi connectivity index (χ4v) is 9.91. The molecule has 2 heterocycles. The predicted molar refractivity (Wildman–Crippen MR) is 198 cm³/mol. The summed E-state index contributed by atoms with van der Waals surface area (Å²) in [6, 6.07) is 51.9. The lowest BCUT2D eigenvalue weighted by atomic mass is 9.97. The summed E-state index contributed by atoms with van der Waals surface area (Å²) in [7, 11) is -3.09. The molecular weight excluding hydrogens is 591 g/mol. The Morgan fingerprint density at radius 3 is 2.00 bits per heavy atom. The number of pyridine rings is 1. The van der Waals surface area contributed by atoms with Crippen LogP contribution in [0.2, 0.25) is 0 Å². The zero-order valence-corrected chi connectivity index (χ0v) is 26.6. The van der Waals surface area contributed by atoms with Crippen molar-refractivity contribution in [3.63, 3.8) is 0 Å². The van der Waals surface area contributed by atoms with Gasteiger partial charge in [-0.15, -0.1) is 0 Å². The molecule has 2 aromatic heterocycles. The lowest BCUT2D eigenvalue weighted by Crippen LogP contribution is -2.24. The highest BCUT2D eigenvalue weighted by molar-refractivity contribution is 7.85. The largest absolute Gasteiger partial charge is 0.309 e. The molecule has 3 nitrogen and oxygen atoms in total. The number of para-hydroxylation sites is 2. The Labute approximate surface area is 273 Å². The average Bonchev–Trinajstić information content (AvgIpc) is 3.50. The summed E-state index contributed by atoms with van der Waals surface area (Å²) in [5.41, 5.74) is 8.99. The van der Waals surface area contributed by atoms with Crippen molar-refractivity contribution in [3.05, 3.63) is 169 Å². The van der Waals surface area contributed by atoms with Crippen molar-refractivity contribution in [2.75, 3.05) is 0 Å². The van der Waals surface area contributed by atoms with E-state index in [1.165, 1.54) is 11.1 Å². The first-order chi connectivity index (χ1) is 23.2. The normalized spacial score (nSPS) is 12.9. The van der Waals surface area contributed by atoms with Crippen molar-refractivity contribution >= 4 is 61.8 Å². The summed E-state index contributed by atoms with van der Waals surface area (Å²) in [6.07, 6.45) is 6.69.